The molecule has 0 unspecified atom stereocenters. The lowest BCUT2D eigenvalue weighted by atomic mass is 9.99. The lowest BCUT2D eigenvalue weighted by molar-refractivity contribution is 0.0510. The van der Waals surface area contributed by atoms with Gasteiger partial charge in [-0.25, -0.2) is 0 Å². The van der Waals surface area contributed by atoms with Crippen molar-refractivity contribution in [3.8, 4) is 50.6 Å². The Morgan fingerprint density at radius 1 is 0.279 bits per heavy atom. The minimum absolute atomic E-state index is 0.219. The van der Waals surface area contributed by atoms with Gasteiger partial charge in [0.1, 0.15) is 17.2 Å². The van der Waals surface area contributed by atoms with Gasteiger partial charge in [-0.05, 0) is 157 Å². The van der Waals surface area contributed by atoms with Crippen LogP contribution in [0, 0.1) is 0 Å². The van der Waals surface area contributed by atoms with Gasteiger partial charge in [0.2, 0.25) is 0 Å². The molecule has 0 aromatic heterocycles. The van der Waals surface area contributed by atoms with Crippen molar-refractivity contribution in [3.05, 3.63) is 182 Å². The maximum atomic E-state index is 5.66. The van der Waals surface area contributed by atoms with Gasteiger partial charge in [0, 0.05) is 38.4 Å². The summed E-state index contributed by atoms with van der Waals surface area (Å²) in [5.41, 5.74) is 10.0. The zero-order valence-corrected chi connectivity index (χ0v) is 34.3. The predicted molar refractivity (Wildman–Crippen MR) is 247 cm³/mol. The molecule has 0 aliphatic heterocycles. The molecule has 0 fully saturated rings. The van der Waals surface area contributed by atoms with E-state index in [1.165, 1.54) is 0 Å². The highest BCUT2D eigenvalue weighted by Crippen LogP contribution is 2.39. The fourth-order valence-corrected chi connectivity index (χ4v) is 7.72. The number of hydrogen-bond donors (Lipinski definition) is 0. The molecule has 61 heavy (non-hydrogen) atoms. The molecule has 0 spiro atoms. The first-order chi connectivity index (χ1) is 30.0. The summed E-state index contributed by atoms with van der Waals surface area (Å²) in [6.07, 6.45) is 0. The zero-order chi connectivity index (χ0) is 41.5. The molecule has 0 radical (unpaired) electrons. The van der Waals surface area contributed by atoms with E-state index in [4.69, 9.17) is 28.4 Å². The Morgan fingerprint density at radius 2 is 0.525 bits per heavy atom. The summed E-state index contributed by atoms with van der Waals surface area (Å²) in [5, 5.41) is 6.78. The molecular formula is C54H45NO6. The second kappa shape index (κ2) is 18.0. The SMILES string of the molecule is COCOc1ccc2cc(-c3ccc(N(c4ccc(-c5ccc6cc(OCOC)ccc6c5)cc4)c4ccc(-c5ccc6cc(OCOC)ccc6c5)cc4)cc3)ccc2c1. The number of anilines is 3. The topological polar surface area (TPSA) is 58.6 Å². The van der Waals surface area contributed by atoms with Crippen molar-refractivity contribution < 1.29 is 28.4 Å². The highest BCUT2D eigenvalue weighted by atomic mass is 16.7. The van der Waals surface area contributed by atoms with Crippen molar-refractivity contribution in [2.45, 2.75) is 0 Å². The molecule has 7 nitrogen and oxygen atoms in total. The molecule has 0 saturated heterocycles. The van der Waals surface area contributed by atoms with Crippen molar-refractivity contribution in [3.63, 3.8) is 0 Å². The fraction of sp³-hybridized carbons (Fsp3) is 0.111. The van der Waals surface area contributed by atoms with Gasteiger partial charge in [-0.2, -0.15) is 0 Å². The molecule has 0 saturated carbocycles. The number of methoxy groups -OCH3 is 3. The van der Waals surface area contributed by atoms with Gasteiger partial charge in [-0.1, -0.05) is 91.0 Å². The molecule has 0 aliphatic rings. The predicted octanol–water partition coefficient (Wildman–Crippen LogP) is 13.6. The molecule has 0 heterocycles. The van der Waals surface area contributed by atoms with E-state index >= 15 is 0 Å². The molecule has 0 N–H and O–H groups in total. The molecule has 9 aromatic carbocycles. The second-order valence-corrected chi connectivity index (χ2v) is 14.8. The van der Waals surface area contributed by atoms with Crippen LogP contribution in [0.15, 0.2) is 182 Å². The Morgan fingerprint density at radius 3 is 0.803 bits per heavy atom. The van der Waals surface area contributed by atoms with Crippen LogP contribution in [0.4, 0.5) is 17.1 Å². The number of nitrogens with zero attached hydrogens (tertiary/aromatic N) is 1. The first-order valence-corrected chi connectivity index (χ1v) is 20.1. The highest BCUT2D eigenvalue weighted by Gasteiger charge is 2.15. The summed E-state index contributed by atoms with van der Waals surface area (Å²) >= 11 is 0. The first kappa shape index (κ1) is 39.3. The molecule has 302 valence electrons. The maximum absolute atomic E-state index is 5.66. The molecule has 0 atom stereocenters. The number of rotatable bonds is 15. The quantitative estimate of drug-likeness (QED) is 0.0957. The van der Waals surface area contributed by atoms with E-state index in [9.17, 15) is 0 Å². The van der Waals surface area contributed by atoms with Crippen LogP contribution in [-0.4, -0.2) is 41.7 Å². The van der Waals surface area contributed by atoms with E-state index in [0.717, 1.165) is 100 Å². The molecule has 0 bridgehead atoms. The minimum atomic E-state index is 0.219. The number of hydrogen-bond acceptors (Lipinski definition) is 7. The molecule has 9 rings (SSSR count). The van der Waals surface area contributed by atoms with Crippen molar-refractivity contribution in [2.24, 2.45) is 0 Å². The van der Waals surface area contributed by atoms with E-state index in [1.807, 2.05) is 36.4 Å². The average molecular weight is 804 g/mol. The minimum Gasteiger partial charge on any atom is -0.468 e. The fourth-order valence-electron chi connectivity index (χ4n) is 7.72. The average Bonchev–Trinajstić information content (AvgIpc) is 3.32. The molecule has 7 heteroatoms. The van der Waals surface area contributed by atoms with E-state index in [-0.39, 0.29) is 20.4 Å². The standard InChI is InChI=1S/C54H45NO6/c1-56-34-59-52-25-16-43-28-40(4-7-46(43)31-52)37-10-19-49(20-11-37)55(50-21-12-38(13-22-50)41-5-8-47-32-53(60-35-57-2)26-17-44(47)29-41)51-23-14-39(15-24-51)42-6-9-48-33-54(61-36-58-3)27-18-45(48)30-42/h4-33H,34-36H2,1-3H3. The highest BCUT2D eigenvalue weighted by molar-refractivity contribution is 5.91. The summed E-state index contributed by atoms with van der Waals surface area (Å²) in [5.74, 6) is 2.36. The molecule has 0 aliphatic carbocycles. The lowest BCUT2D eigenvalue weighted by Crippen LogP contribution is -2.09. The summed E-state index contributed by atoms with van der Waals surface area (Å²) in [6, 6.07) is 64.3. The van der Waals surface area contributed by atoms with Crippen LogP contribution in [0.2, 0.25) is 0 Å². The number of ether oxygens (including phenoxy) is 6. The third-order valence-electron chi connectivity index (χ3n) is 10.8. The van der Waals surface area contributed by atoms with Gasteiger partial charge in [-0.3, -0.25) is 0 Å². The Balaban J connectivity index is 1.03. The smallest absolute Gasteiger partial charge is 0.188 e. The van der Waals surface area contributed by atoms with Gasteiger partial charge < -0.3 is 33.3 Å². The second-order valence-electron chi connectivity index (χ2n) is 14.8. The summed E-state index contributed by atoms with van der Waals surface area (Å²) < 4.78 is 32.2. The normalized spacial score (nSPS) is 11.3. The van der Waals surface area contributed by atoms with Crippen LogP contribution >= 0.6 is 0 Å². The van der Waals surface area contributed by atoms with E-state index in [0.29, 0.717) is 0 Å². The van der Waals surface area contributed by atoms with E-state index < -0.39 is 0 Å². The van der Waals surface area contributed by atoms with Crippen LogP contribution in [0.5, 0.6) is 17.2 Å². The van der Waals surface area contributed by atoms with Gasteiger partial charge in [-0.15, -0.1) is 0 Å². The van der Waals surface area contributed by atoms with Gasteiger partial charge in [0.05, 0.1) is 0 Å². The van der Waals surface area contributed by atoms with Gasteiger partial charge in [0.15, 0.2) is 20.4 Å². The third-order valence-corrected chi connectivity index (χ3v) is 10.8. The molecule has 0 amide bonds. The Kier molecular flexibility index (Phi) is 11.6. The van der Waals surface area contributed by atoms with Crippen molar-refractivity contribution in [1.29, 1.82) is 0 Å². The monoisotopic (exact) mass is 803 g/mol. The van der Waals surface area contributed by atoms with Crippen LogP contribution < -0.4 is 19.1 Å². The molecule has 9 aromatic rings. The first-order valence-electron chi connectivity index (χ1n) is 20.1. The Bertz CT molecular complexity index is 2610. The summed E-state index contributed by atoms with van der Waals surface area (Å²) in [4.78, 5) is 2.31. The zero-order valence-electron chi connectivity index (χ0n) is 34.3. The Hall–Kier alpha value is -7.16. The maximum Gasteiger partial charge on any atom is 0.188 e. The van der Waals surface area contributed by atoms with Crippen LogP contribution in [0.3, 0.4) is 0 Å². The third kappa shape index (κ3) is 8.76. The van der Waals surface area contributed by atoms with E-state index in [2.05, 4.69) is 150 Å². The summed E-state index contributed by atoms with van der Waals surface area (Å²) in [6.45, 7) is 0.658. The van der Waals surface area contributed by atoms with Crippen LogP contribution in [0.25, 0.3) is 65.7 Å². The number of fused-ring (bicyclic) bond motifs is 3. The summed E-state index contributed by atoms with van der Waals surface area (Å²) in [7, 11) is 4.87. The van der Waals surface area contributed by atoms with Gasteiger partial charge >= 0.3 is 0 Å². The van der Waals surface area contributed by atoms with Crippen LogP contribution in [-0.2, 0) is 14.2 Å². The van der Waals surface area contributed by atoms with Crippen molar-refractivity contribution >= 4 is 49.4 Å². The van der Waals surface area contributed by atoms with E-state index in [1.54, 1.807) is 21.3 Å². The Labute approximate surface area is 355 Å². The molecular weight excluding hydrogens is 759 g/mol. The largest absolute Gasteiger partial charge is 0.468 e. The van der Waals surface area contributed by atoms with Crippen molar-refractivity contribution in [2.75, 3.05) is 46.6 Å². The van der Waals surface area contributed by atoms with Gasteiger partial charge in [0.25, 0.3) is 0 Å². The van der Waals surface area contributed by atoms with Crippen molar-refractivity contribution in [1.82, 2.24) is 0 Å². The van der Waals surface area contributed by atoms with Crippen LogP contribution in [0.1, 0.15) is 0 Å². The number of benzene rings is 9. The lowest BCUT2D eigenvalue weighted by Gasteiger charge is -2.26.